The fraction of sp³-hybridized carbons (Fsp3) is 0.133. The van der Waals surface area contributed by atoms with E-state index in [9.17, 15) is 5.11 Å². The number of rotatable bonds is 3. The maximum absolute atomic E-state index is 10.7. The van der Waals surface area contributed by atoms with Crippen LogP contribution in [0.3, 0.4) is 0 Å². The molecule has 5 heteroatoms. The third-order valence-corrected chi connectivity index (χ3v) is 5.00. The predicted molar refractivity (Wildman–Crippen MR) is 84.4 cm³/mol. The van der Waals surface area contributed by atoms with Crippen LogP contribution in [0.15, 0.2) is 46.5 Å². The number of aliphatic hydroxyl groups excluding tert-OH is 1. The van der Waals surface area contributed by atoms with Crippen LogP contribution in [0.2, 0.25) is 0 Å². The Bertz CT molecular complexity index is 756. The van der Waals surface area contributed by atoms with Crippen molar-refractivity contribution in [2.75, 3.05) is 7.11 Å². The second-order valence-electron chi connectivity index (χ2n) is 4.31. The summed E-state index contributed by atoms with van der Waals surface area (Å²) in [6, 6.07) is 11.8. The second-order valence-corrected chi connectivity index (χ2v) is 5.95. The lowest BCUT2D eigenvalue weighted by Crippen LogP contribution is -2.02. The topological polar surface area (TPSA) is 42.4 Å². The molecule has 102 valence electrons. The lowest BCUT2D eigenvalue weighted by Gasteiger charge is -2.16. The molecule has 3 aromatic rings. The van der Waals surface area contributed by atoms with Crippen LogP contribution in [-0.2, 0) is 0 Å². The molecule has 0 aliphatic heterocycles. The Kier molecular flexibility index (Phi) is 3.74. The van der Waals surface area contributed by atoms with Crippen molar-refractivity contribution in [3.63, 3.8) is 0 Å². The van der Waals surface area contributed by atoms with E-state index >= 15 is 0 Å². The van der Waals surface area contributed by atoms with Crippen LogP contribution in [0.25, 0.3) is 10.8 Å². The Morgan fingerprint density at radius 3 is 2.75 bits per heavy atom. The Morgan fingerprint density at radius 2 is 2.05 bits per heavy atom. The lowest BCUT2D eigenvalue weighted by atomic mass is 9.98. The van der Waals surface area contributed by atoms with Crippen LogP contribution in [0, 0.1) is 0 Å². The predicted octanol–water partition coefficient (Wildman–Crippen LogP) is 4.15. The highest BCUT2D eigenvalue weighted by atomic mass is 79.9. The van der Waals surface area contributed by atoms with Crippen molar-refractivity contribution >= 4 is 38.0 Å². The van der Waals surface area contributed by atoms with Gasteiger partial charge in [-0.2, -0.15) is 0 Å². The zero-order valence-corrected chi connectivity index (χ0v) is 13.1. The molecule has 0 spiro atoms. The summed E-state index contributed by atoms with van der Waals surface area (Å²) in [7, 11) is 1.61. The van der Waals surface area contributed by atoms with Gasteiger partial charge in [0.1, 0.15) is 16.5 Å². The van der Waals surface area contributed by atoms with E-state index in [1.807, 2.05) is 36.4 Å². The first-order valence-corrected chi connectivity index (χ1v) is 7.72. The minimum absolute atomic E-state index is 0.671. The Morgan fingerprint density at radius 1 is 1.25 bits per heavy atom. The van der Waals surface area contributed by atoms with Gasteiger partial charge in [-0.3, -0.25) is 0 Å². The molecule has 0 saturated carbocycles. The van der Waals surface area contributed by atoms with Gasteiger partial charge in [0, 0.05) is 5.56 Å². The highest BCUT2D eigenvalue weighted by Gasteiger charge is 2.22. The summed E-state index contributed by atoms with van der Waals surface area (Å²) in [6.07, 6.45) is -0.766. The Balaban J connectivity index is 2.26. The zero-order chi connectivity index (χ0) is 14.1. The molecule has 20 heavy (non-hydrogen) atoms. The summed E-state index contributed by atoms with van der Waals surface area (Å²) in [4.78, 5) is 4.91. The summed E-state index contributed by atoms with van der Waals surface area (Å²) < 4.78 is 6.09. The van der Waals surface area contributed by atoms with Gasteiger partial charge < -0.3 is 9.84 Å². The standard InChI is InChI=1S/C15H12BrNO2S/c1-19-11-7-6-9-4-2-3-5-10(9)12(11)13(18)14-15(16)17-8-20-14/h2-8,13,18H,1H3. The van der Waals surface area contributed by atoms with E-state index in [0.717, 1.165) is 21.2 Å². The number of aromatic nitrogens is 1. The van der Waals surface area contributed by atoms with Crippen molar-refractivity contribution < 1.29 is 9.84 Å². The molecule has 1 heterocycles. The van der Waals surface area contributed by atoms with Gasteiger partial charge in [0.05, 0.1) is 17.5 Å². The minimum Gasteiger partial charge on any atom is -0.496 e. The molecule has 1 aromatic heterocycles. The SMILES string of the molecule is COc1ccc2ccccc2c1C(O)c1scnc1Br. The van der Waals surface area contributed by atoms with Crippen molar-refractivity contribution in [3.05, 3.63) is 57.0 Å². The van der Waals surface area contributed by atoms with Crippen molar-refractivity contribution in [2.24, 2.45) is 0 Å². The largest absolute Gasteiger partial charge is 0.496 e. The molecule has 0 saturated heterocycles. The van der Waals surface area contributed by atoms with E-state index in [-0.39, 0.29) is 0 Å². The van der Waals surface area contributed by atoms with Crippen LogP contribution < -0.4 is 4.74 Å². The molecule has 1 unspecified atom stereocenters. The number of methoxy groups -OCH3 is 1. The summed E-state index contributed by atoms with van der Waals surface area (Å²) in [5.74, 6) is 0.677. The molecule has 2 aromatic carbocycles. The number of ether oxygens (including phenoxy) is 1. The van der Waals surface area contributed by atoms with Crippen molar-refractivity contribution in [1.82, 2.24) is 4.98 Å². The highest BCUT2D eigenvalue weighted by Crippen LogP contribution is 2.39. The number of aliphatic hydroxyl groups is 1. The van der Waals surface area contributed by atoms with Crippen molar-refractivity contribution in [3.8, 4) is 5.75 Å². The first-order valence-electron chi connectivity index (χ1n) is 6.05. The van der Waals surface area contributed by atoms with Crippen molar-refractivity contribution in [2.45, 2.75) is 6.10 Å². The summed E-state index contributed by atoms with van der Waals surface area (Å²) >= 11 is 4.79. The molecule has 1 atom stereocenters. The average Bonchev–Trinajstić information content (AvgIpc) is 2.91. The van der Waals surface area contributed by atoms with E-state index in [0.29, 0.717) is 10.4 Å². The minimum atomic E-state index is -0.766. The number of benzene rings is 2. The van der Waals surface area contributed by atoms with Crippen LogP contribution in [0.5, 0.6) is 5.75 Å². The molecule has 1 N–H and O–H groups in total. The van der Waals surface area contributed by atoms with Crippen LogP contribution in [0.1, 0.15) is 16.5 Å². The summed E-state index contributed by atoms with van der Waals surface area (Å²) in [6.45, 7) is 0. The Hall–Kier alpha value is -1.43. The Labute approximate surface area is 129 Å². The number of halogens is 1. The molecule has 0 fully saturated rings. The molecule has 0 aliphatic carbocycles. The van der Waals surface area contributed by atoms with Gasteiger partial charge >= 0.3 is 0 Å². The number of thiazole rings is 1. The first-order chi connectivity index (χ1) is 9.72. The third kappa shape index (κ3) is 2.22. The lowest BCUT2D eigenvalue weighted by molar-refractivity contribution is 0.219. The number of hydrogen-bond acceptors (Lipinski definition) is 4. The molecule has 0 bridgehead atoms. The summed E-state index contributed by atoms with van der Waals surface area (Å²) in [5, 5.41) is 12.8. The van der Waals surface area contributed by atoms with Gasteiger partial charge in [0.15, 0.2) is 0 Å². The zero-order valence-electron chi connectivity index (χ0n) is 10.7. The second kappa shape index (κ2) is 5.52. The first kappa shape index (κ1) is 13.5. The summed E-state index contributed by atoms with van der Waals surface area (Å²) in [5.41, 5.74) is 2.48. The van der Waals surface area contributed by atoms with Crippen LogP contribution in [0.4, 0.5) is 0 Å². The van der Waals surface area contributed by atoms with Gasteiger partial charge in [-0.25, -0.2) is 4.98 Å². The van der Waals surface area contributed by atoms with E-state index in [4.69, 9.17) is 4.74 Å². The fourth-order valence-electron chi connectivity index (χ4n) is 2.29. The fourth-order valence-corrected chi connectivity index (χ4v) is 3.69. The molecular formula is C15H12BrNO2S. The molecule has 0 amide bonds. The van der Waals surface area contributed by atoms with E-state index in [1.165, 1.54) is 11.3 Å². The molecule has 3 rings (SSSR count). The number of fused-ring (bicyclic) bond motifs is 1. The van der Waals surface area contributed by atoms with Crippen LogP contribution >= 0.6 is 27.3 Å². The normalized spacial score (nSPS) is 12.6. The van der Waals surface area contributed by atoms with Gasteiger partial charge in [0.2, 0.25) is 0 Å². The highest BCUT2D eigenvalue weighted by molar-refractivity contribution is 9.10. The average molecular weight is 350 g/mol. The van der Waals surface area contributed by atoms with Crippen molar-refractivity contribution in [1.29, 1.82) is 0 Å². The van der Waals surface area contributed by atoms with Crippen LogP contribution in [-0.4, -0.2) is 17.2 Å². The van der Waals surface area contributed by atoms with Gasteiger partial charge in [-0.15, -0.1) is 11.3 Å². The van der Waals surface area contributed by atoms with Gasteiger partial charge in [0.25, 0.3) is 0 Å². The maximum atomic E-state index is 10.7. The van der Waals surface area contributed by atoms with Gasteiger partial charge in [-0.1, -0.05) is 30.3 Å². The van der Waals surface area contributed by atoms with E-state index in [1.54, 1.807) is 12.6 Å². The number of hydrogen-bond donors (Lipinski definition) is 1. The van der Waals surface area contributed by atoms with Gasteiger partial charge in [-0.05, 0) is 32.8 Å². The monoisotopic (exact) mass is 349 g/mol. The quantitative estimate of drug-likeness (QED) is 0.772. The third-order valence-electron chi connectivity index (χ3n) is 3.22. The molecular weight excluding hydrogens is 338 g/mol. The molecule has 0 aliphatic rings. The number of nitrogens with zero attached hydrogens (tertiary/aromatic N) is 1. The van der Waals surface area contributed by atoms with E-state index < -0.39 is 6.10 Å². The maximum Gasteiger partial charge on any atom is 0.125 e. The smallest absolute Gasteiger partial charge is 0.125 e. The molecule has 0 radical (unpaired) electrons. The van der Waals surface area contributed by atoms with E-state index in [2.05, 4.69) is 20.9 Å². The molecule has 3 nitrogen and oxygen atoms in total.